The number of aliphatic hydroxyl groups is 1. The molecule has 16 heavy (non-hydrogen) atoms. The SMILES string of the molecule is COc1ccccc1CC(O)CS(=O)(=O)Cl. The molecule has 0 aliphatic rings. The predicted octanol–water partition coefficient (Wildman–Crippen LogP) is 1.17. The van der Waals surface area contributed by atoms with Gasteiger partial charge < -0.3 is 9.84 Å². The number of aliphatic hydroxyl groups excluding tert-OH is 1. The van der Waals surface area contributed by atoms with Crippen molar-refractivity contribution in [2.45, 2.75) is 12.5 Å². The predicted molar refractivity (Wildman–Crippen MR) is 62.3 cm³/mol. The van der Waals surface area contributed by atoms with Crippen LogP contribution in [0.3, 0.4) is 0 Å². The zero-order valence-corrected chi connectivity index (χ0v) is 10.3. The summed E-state index contributed by atoms with van der Waals surface area (Å²) in [5, 5.41) is 9.54. The molecule has 1 aromatic carbocycles. The Hall–Kier alpha value is -0.780. The van der Waals surface area contributed by atoms with Gasteiger partial charge in [0.25, 0.3) is 0 Å². The highest BCUT2D eigenvalue weighted by Gasteiger charge is 2.16. The number of benzene rings is 1. The van der Waals surface area contributed by atoms with E-state index in [0.29, 0.717) is 5.75 Å². The summed E-state index contributed by atoms with van der Waals surface area (Å²) in [6.07, 6.45) is -0.838. The molecule has 0 heterocycles. The van der Waals surface area contributed by atoms with Crippen LogP contribution in [0.25, 0.3) is 0 Å². The van der Waals surface area contributed by atoms with Crippen molar-refractivity contribution in [1.82, 2.24) is 0 Å². The third-order valence-electron chi connectivity index (χ3n) is 2.04. The van der Waals surface area contributed by atoms with Crippen LogP contribution in [-0.4, -0.2) is 32.5 Å². The van der Waals surface area contributed by atoms with Crippen LogP contribution >= 0.6 is 10.7 Å². The molecule has 0 aromatic heterocycles. The van der Waals surface area contributed by atoms with Gasteiger partial charge in [0.1, 0.15) is 5.75 Å². The second kappa shape index (κ2) is 5.52. The van der Waals surface area contributed by atoms with Crippen LogP contribution in [0.1, 0.15) is 5.56 Å². The largest absolute Gasteiger partial charge is 0.496 e. The van der Waals surface area contributed by atoms with Gasteiger partial charge in [-0.05, 0) is 11.6 Å². The lowest BCUT2D eigenvalue weighted by Crippen LogP contribution is -2.20. The lowest BCUT2D eigenvalue weighted by atomic mass is 10.1. The van der Waals surface area contributed by atoms with Gasteiger partial charge in [0.2, 0.25) is 9.05 Å². The Kier molecular flexibility index (Phi) is 4.58. The molecule has 1 N–H and O–H groups in total. The van der Waals surface area contributed by atoms with Gasteiger partial charge in [-0.2, -0.15) is 0 Å². The Morgan fingerprint density at radius 3 is 2.62 bits per heavy atom. The van der Waals surface area contributed by atoms with Crippen LogP contribution < -0.4 is 4.74 Å². The smallest absolute Gasteiger partial charge is 0.235 e. The fraction of sp³-hybridized carbons (Fsp3) is 0.400. The summed E-state index contributed by atoms with van der Waals surface area (Å²) in [4.78, 5) is 0. The Labute approximate surface area is 99.2 Å². The number of hydrogen-bond donors (Lipinski definition) is 1. The molecular formula is C10H13ClO4S. The molecule has 1 aromatic rings. The number of hydrogen-bond acceptors (Lipinski definition) is 4. The van der Waals surface area contributed by atoms with Crippen LogP contribution in [-0.2, 0) is 15.5 Å². The third-order valence-corrected chi connectivity index (χ3v) is 3.20. The van der Waals surface area contributed by atoms with Gasteiger partial charge in [0.15, 0.2) is 0 Å². The van der Waals surface area contributed by atoms with Crippen LogP contribution in [0.4, 0.5) is 0 Å². The third kappa shape index (κ3) is 4.38. The molecule has 1 atom stereocenters. The number of rotatable bonds is 5. The van der Waals surface area contributed by atoms with Gasteiger partial charge in [-0.25, -0.2) is 8.42 Å². The number of methoxy groups -OCH3 is 1. The van der Waals surface area contributed by atoms with Gasteiger partial charge in [-0.15, -0.1) is 0 Å². The Morgan fingerprint density at radius 1 is 1.44 bits per heavy atom. The summed E-state index contributed by atoms with van der Waals surface area (Å²) in [6.45, 7) is 0. The van der Waals surface area contributed by atoms with Crippen molar-refractivity contribution in [1.29, 1.82) is 0 Å². The van der Waals surface area contributed by atoms with Gasteiger partial charge >= 0.3 is 0 Å². The first kappa shape index (κ1) is 13.3. The zero-order valence-electron chi connectivity index (χ0n) is 8.76. The molecule has 0 aliphatic heterocycles. The van der Waals surface area contributed by atoms with E-state index in [2.05, 4.69) is 0 Å². The van der Waals surface area contributed by atoms with E-state index in [1.165, 1.54) is 7.11 Å². The van der Waals surface area contributed by atoms with E-state index in [1.807, 2.05) is 0 Å². The first-order valence-electron chi connectivity index (χ1n) is 4.64. The lowest BCUT2D eigenvalue weighted by molar-refractivity contribution is 0.197. The standard InChI is InChI=1S/C10H13ClO4S/c1-15-10-5-3-2-4-8(10)6-9(12)7-16(11,13)14/h2-5,9,12H,6-7H2,1H3. The van der Waals surface area contributed by atoms with E-state index in [-0.39, 0.29) is 6.42 Å². The first-order chi connectivity index (χ1) is 7.42. The molecule has 1 rings (SSSR count). The fourth-order valence-corrected chi connectivity index (χ4v) is 2.43. The van der Waals surface area contributed by atoms with Crippen LogP contribution in [0, 0.1) is 0 Å². The molecule has 4 nitrogen and oxygen atoms in total. The van der Waals surface area contributed by atoms with Crippen LogP contribution in [0.15, 0.2) is 24.3 Å². The highest BCUT2D eigenvalue weighted by Crippen LogP contribution is 2.19. The minimum Gasteiger partial charge on any atom is -0.496 e. The van der Waals surface area contributed by atoms with Gasteiger partial charge in [0, 0.05) is 17.1 Å². The average molecular weight is 265 g/mol. The number of halogens is 1. The van der Waals surface area contributed by atoms with E-state index in [0.717, 1.165) is 5.56 Å². The van der Waals surface area contributed by atoms with E-state index < -0.39 is 20.9 Å². The molecule has 0 saturated heterocycles. The lowest BCUT2D eigenvalue weighted by Gasteiger charge is -2.11. The maximum atomic E-state index is 10.8. The maximum Gasteiger partial charge on any atom is 0.235 e. The molecular weight excluding hydrogens is 252 g/mol. The normalized spacial score (nSPS) is 13.4. The molecule has 0 spiro atoms. The summed E-state index contributed by atoms with van der Waals surface area (Å²) < 4.78 is 26.6. The minimum atomic E-state index is -3.68. The second-order valence-electron chi connectivity index (χ2n) is 3.38. The van der Waals surface area contributed by atoms with Crippen molar-refractivity contribution < 1.29 is 18.3 Å². The second-order valence-corrected chi connectivity index (χ2v) is 6.20. The summed E-state index contributed by atoms with van der Waals surface area (Å²) in [6, 6.07) is 7.10. The summed E-state index contributed by atoms with van der Waals surface area (Å²) in [5.41, 5.74) is 0.748. The Balaban J connectivity index is 2.73. The first-order valence-corrected chi connectivity index (χ1v) is 7.12. The molecule has 90 valence electrons. The van der Waals surface area contributed by atoms with Crippen molar-refractivity contribution in [2.24, 2.45) is 0 Å². The van der Waals surface area contributed by atoms with E-state index in [4.69, 9.17) is 15.4 Å². The number of para-hydroxylation sites is 1. The van der Waals surface area contributed by atoms with E-state index in [9.17, 15) is 13.5 Å². The summed E-state index contributed by atoms with van der Waals surface area (Å²) >= 11 is 0. The van der Waals surface area contributed by atoms with Crippen molar-refractivity contribution in [3.63, 3.8) is 0 Å². The summed E-state index contributed by atoms with van der Waals surface area (Å²) in [5.74, 6) is 0.153. The zero-order chi connectivity index (χ0) is 12.2. The molecule has 0 fully saturated rings. The van der Waals surface area contributed by atoms with Crippen LogP contribution in [0.5, 0.6) is 5.75 Å². The summed E-state index contributed by atoms with van der Waals surface area (Å²) in [7, 11) is 2.88. The minimum absolute atomic E-state index is 0.190. The molecule has 0 bridgehead atoms. The van der Waals surface area contributed by atoms with E-state index in [1.54, 1.807) is 24.3 Å². The van der Waals surface area contributed by atoms with Crippen molar-refractivity contribution in [2.75, 3.05) is 12.9 Å². The van der Waals surface area contributed by atoms with Crippen molar-refractivity contribution in [3.8, 4) is 5.75 Å². The quantitative estimate of drug-likeness (QED) is 0.811. The van der Waals surface area contributed by atoms with Gasteiger partial charge in [-0.3, -0.25) is 0 Å². The van der Waals surface area contributed by atoms with E-state index >= 15 is 0 Å². The molecule has 0 radical (unpaired) electrons. The van der Waals surface area contributed by atoms with Crippen molar-refractivity contribution in [3.05, 3.63) is 29.8 Å². The topological polar surface area (TPSA) is 63.6 Å². The maximum absolute atomic E-state index is 10.8. The molecule has 1 unspecified atom stereocenters. The highest BCUT2D eigenvalue weighted by molar-refractivity contribution is 8.13. The molecule has 6 heteroatoms. The molecule has 0 saturated carbocycles. The fourth-order valence-electron chi connectivity index (χ4n) is 1.41. The number of ether oxygens (including phenoxy) is 1. The molecule has 0 amide bonds. The molecule has 0 aliphatic carbocycles. The Bertz CT molecular complexity index is 444. The van der Waals surface area contributed by atoms with Crippen molar-refractivity contribution >= 4 is 19.7 Å². The van der Waals surface area contributed by atoms with Crippen LogP contribution in [0.2, 0.25) is 0 Å². The van der Waals surface area contributed by atoms with Gasteiger partial charge in [0.05, 0.1) is 19.0 Å². The monoisotopic (exact) mass is 264 g/mol. The Morgan fingerprint density at radius 2 is 2.06 bits per heavy atom. The highest BCUT2D eigenvalue weighted by atomic mass is 35.7. The average Bonchev–Trinajstić information content (AvgIpc) is 2.15. The van der Waals surface area contributed by atoms with Gasteiger partial charge in [-0.1, -0.05) is 18.2 Å².